The molecule has 0 aromatic carbocycles. The zero-order valence-corrected chi connectivity index (χ0v) is 19.3. The number of halogens is 2. The third-order valence-electron chi connectivity index (χ3n) is 5.83. The van der Waals surface area contributed by atoms with Gasteiger partial charge in [0.15, 0.2) is 17.0 Å². The highest BCUT2D eigenvalue weighted by molar-refractivity contribution is 5.97. The van der Waals surface area contributed by atoms with Crippen LogP contribution in [-0.2, 0) is 11.3 Å². The molecule has 0 radical (unpaired) electrons. The van der Waals surface area contributed by atoms with Crippen molar-refractivity contribution in [1.82, 2.24) is 24.4 Å². The molecule has 34 heavy (non-hydrogen) atoms. The van der Waals surface area contributed by atoms with Crippen molar-refractivity contribution in [2.75, 3.05) is 25.5 Å². The predicted molar refractivity (Wildman–Crippen MR) is 121 cm³/mol. The molecule has 184 valence electrons. The number of amides is 2. The topological polar surface area (TPSA) is 121 Å². The number of hydrogen-bond donors (Lipinski definition) is 3. The summed E-state index contributed by atoms with van der Waals surface area (Å²) in [5.74, 6) is -4.55. The number of aromatic nitrogens is 3. The Kier molecular flexibility index (Phi) is 6.09. The van der Waals surface area contributed by atoms with Crippen LogP contribution in [0.1, 0.15) is 49.0 Å². The molecular weight excluding hydrogens is 450 g/mol. The minimum Gasteiger partial charge on any atom is -0.492 e. The van der Waals surface area contributed by atoms with Gasteiger partial charge in [-0.2, -0.15) is 4.52 Å². The van der Waals surface area contributed by atoms with Gasteiger partial charge in [0.05, 0.1) is 12.1 Å². The van der Waals surface area contributed by atoms with Crippen LogP contribution in [0.4, 0.5) is 14.6 Å². The fraction of sp³-hybridized carbons (Fsp3) is 0.545. The number of anilines is 1. The average Bonchev–Trinajstić information content (AvgIpc) is 3.37. The molecule has 0 unspecified atom stereocenters. The van der Waals surface area contributed by atoms with Gasteiger partial charge in [0.1, 0.15) is 0 Å². The minimum absolute atomic E-state index is 0.00335. The highest BCUT2D eigenvalue weighted by atomic mass is 19.3. The summed E-state index contributed by atoms with van der Waals surface area (Å²) in [4.78, 5) is 39.6. The maximum atomic E-state index is 13.5. The molecular formula is C22H28F2N6O4. The van der Waals surface area contributed by atoms with Crippen molar-refractivity contribution in [3.05, 3.63) is 27.6 Å². The van der Waals surface area contributed by atoms with E-state index >= 15 is 0 Å². The standard InChI is InChI=1S/C22H28F2N6O4/c1-12(2)10-29-19-14(6-7-15(31)28-9-8-22(23,24)11-28)17(25-3)27-30(19)21(34)16(20(29)33)18(32)26-13-4-5-13/h6-7,12-13,34H,4-5,8-11H2,1-3H3,(H,25,27)(H,26,32). The number of carbonyl (C=O) groups is 2. The highest BCUT2D eigenvalue weighted by Crippen LogP contribution is 2.29. The molecule has 10 nitrogen and oxygen atoms in total. The largest absolute Gasteiger partial charge is 0.492 e. The molecule has 0 bridgehead atoms. The third-order valence-corrected chi connectivity index (χ3v) is 5.83. The molecule has 4 rings (SSSR count). The molecule has 1 aliphatic carbocycles. The van der Waals surface area contributed by atoms with Crippen molar-refractivity contribution < 1.29 is 23.5 Å². The lowest BCUT2D eigenvalue weighted by molar-refractivity contribution is -0.126. The summed E-state index contributed by atoms with van der Waals surface area (Å²) < 4.78 is 29.4. The minimum atomic E-state index is -2.91. The van der Waals surface area contributed by atoms with Gasteiger partial charge in [-0.3, -0.25) is 19.0 Å². The summed E-state index contributed by atoms with van der Waals surface area (Å²) in [6.07, 6.45) is 3.76. The van der Waals surface area contributed by atoms with E-state index in [1.165, 1.54) is 10.6 Å². The third kappa shape index (κ3) is 4.48. The fourth-order valence-electron chi connectivity index (χ4n) is 4.00. The van der Waals surface area contributed by atoms with Crippen molar-refractivity contribution in [3.63, 3.8) is 0 Å². The van der Waals surface area contributed by atoms with Gasteiger partial charge in [0.2, 0.25) is 11.8 Å². The first-order valence-corrected chi connectivity index (χ1v) is 11.2. The van der Waals surface area contributed by atoms with Crippen molar-refractivity contribution in [3.8, 4) is 5.88 Å². The quantitative estimate of drug-likeness (QED) is 0.521. The van der Waals surface area contributed by atoms with Crippen LogP contribution in [0.5, 0.6) is 5.88 Å². The monoisotopic (exact) mass is 478 g/mol. The van der Waals surface area contributed by atoms with Gasteiger partial charge in [0, 0.05) is 38.7 Å². The number of fused-ring (bicyclic) bond motifs is 1. The number of aromatic hydroxyl groups is 1. The lowest BCUT2D eigenvalue weighted by Crippen LogP contribution is -2.36. The van der Waals surface area contributed by atoms with Crippen molar-refractivity contribution >= 4 is 29.4 Å². The Balaban J connectivity index is 1.82. The van der Waals surface area contributed by atoms with Gasteiger partial charge in [-0.1, -0.05) is 13.8 Å². The summed E-state index contributed by atoms with van der Waals surface area (Å²) in [5, 5.41) is 20.7. The van der Waals surface area contributed by atoms with E-state index in [-0.39, 0.29) is 36.5 Å². The van der Waals surface area contributed by atoms with Crippen LogP contribution in [0, 0.1) is 5.92 Å². The molecule has 2 aromatic heterocycles. The molecule has 2 aliphatic rings. The van der Waals surface area contributed by atoms with Crippen LogP contribution in [0.2, 0.25) is 0 Å². The Hall–Kier alpha value is -3.44. The van der Waals surface area contributed by atoms with Gasteiger partial charge >= 0.3 is 0 Å². The van der Waals surface area contributed by atoms with E-state index in [0.717, 1.165) is 28.3 Å². The van der Waals surface area contributed by atoms with E-state index in [1.807, 2.05) is 13.8 Å². The lowest BCUT2D eigenvalue weighted by atomic mass is 10.2. The van der Waals surface area contributed by atoms with E-state index in [0.29, 0.717) is 5.56 Å². The second-order valence-corrected chi connectivity index (χ2v) is 9.20. The Morgan fingerprint density at radius 2 is 2.03 bits per heavy atom. The molecule has 1 saturated carbocycles. The number of likely N-dealkylation sites (tertiary alicyclic amines) is 1. The maximum absolute atomic E-state index is 13.5. The maximum Gasteiger partial charge on any atom is 0.270 e. The molecule has 12 heteroatoms. The normalized spacial score (nSPS) is 17.8. The molecule has 0 atom stereocenters. The Bertz CT molecular complexity index is 1230. The fourth-order valence-corrected chi connectivity index (χ4v) is 4.00. The number of carbonyl (C=O) groups excluding carboxylic acids is 2. The number of rotatable bonds is 7. The number of alkyl halides is 2. The number of hydrogen-bond acceptors (Lipinski definition) is 6. The van der Waals surface area contributed by atoms with Crippen molar-refractivity contribution in [2.45, 2.75) is 51.6 Å². The first-order chi connectivity index (χ1) is 16.0. The van der Waals surface area contributed by atoms with Crippen LogP contribution < -0.4 is 16.2 Å². The number of nitrogens with zero attached hydrogens (tertiary/aromatic N) is 4. The Morgan fingerprint density at radius 3 is 2.59 bits per heavy atom. The second kappa shape index (κ2) is 8.73. The smallest absolute Gasteiger partial charge is 0.270 e. The summed E-state index contributed by atoms with van der Waals surface area (Å²) in [6, 6.07) is -0.0199. The van der Waals surface area contributed by atoms with E-state index in [4.69, 9.17) is 0 Å². The zero-order valence-electron chi connectivity index (χ0n) is 19.3. The van der Waals surface area contributed by atoms with Crippen molar-refractivity contribution in [2.24, 2.45) is 5.92 Å². The molecule has 2 aromatic rings. The summed E-state index contributed by atoms with van der Waals surface area (Å²) in [6.45, 7) is 3.29. The van der Waals surface area contributed by atoms with Crippen LogP contribution >= 0.6 is 0 Å². The average molecular weight is 479 g/mol. The first-order valence-electron chi connectivity index (χ1n) is 11.2. The van der Waals surface area contributed by atoms with Gasteiger partial charge in [-0.25, -0.2) is 8.78 Å². The van der Waals surface area contributed by atoms with Crippen LogP contribution in [0.25, 0.3) is 11.7 Å². The summed E-state index contributed by atoms with van der Waals surface area (Å²) >= 11 is 0. The molecule has 2 fully saturated rings. The molecule has 3 N–H and O–H groups in total. The van der Waals surface area contributed by atoms with E-state index in [2.05, 4.69) is 15.7 Å². The summed E-state index contributed by atoms with van der Waals surface area (Å²) in [7, 11) is 1.57. The predicted octanol–water partition coefficient (Wildman–Crippen LogP) is 1.67. The van der Waals surface area contributed by atoms with Gasteiger partial charge in [-0.15, -0.1) is 5.10 Å². The van der Waals surface area contributed by atoms with Crippen LogP contribution in [-0.4, -0.2) is 68.1 Å². The zero-order chi connectivity index (χ0) is 24.8. The molecule has 3 heterocycles. The van der Waals surface area contributed by atoms with Gasteiger partial charge < -0.3 is 20.6 Å². The molecule has 2 amide bonds. The Labute approximate surface area is 194 Å². The van der Waals surface area contributed by atoms with E-state index in [1.54, 1.807) is 7.05 Å². The highest BCUT2D eigenvalue weighted by Gasteiger charge is 2.39. The second-order valence-electron chi connectivity index (χ2n) is 9.20. The SMILES string of the molecule is CNc1nn2c(O)c(C(=O)NC3CC3)c(=O)n(CC(C)C)c2c1C=CC(=O)N1CCC(F)(F)C1. The van der Waals surface area contributed by atoms with E-state index in [9.17, 15) is 28.3 Å². The van der Waals surface area contributed by atoms with Gasteiger partial charge in [0.25, 0.3) is 17.4 Å². The molecule has 1 aliphatic heterocycles. The Morgan fingerprint density at radius 1 is 1.32 bits per heavy atom. The first kappa shape index (κ1) is 23.7. The van der Waals surface area contributed by atoms with Gasteiger partial charge in [-0.05, 0) is 24.8 Å². The molecule has 1 saturated heterocycles. The lowest BCUT2D eigenvalue weighted by Gasteiger charge is -2.15. The van der Waals surface area contributed by atoms with Crippen molar-refractivity contribution in [1.29, 1.82) is 0 Å². The summed E-state index contributed by atoms with van der Waals surface area (Å²) in [5.41, 5.74) is -0.598. The van der Waals surface area contributed by atoms with E-state index < -0.39 is 47.7 Å². The van der Waals surface area contributed by atoms with Crippen LogP contribution in [0.3, 0.4) is 0 Å². The molecule has 0 spiro atoms. The van der Waals surface area contributed by atoms with Crippen LogP contribution in [0.15, 0.2) is 10.9 Å². The number of nitrogens with one attached hydrogen (secondary N) is 2.